The molecule has 0 unspecified atom stereocenters. The number of alkyl halides is 3. The number of thiophene rings is 1. The molecule has 0 atom stereocenters. The van der Waals surface area contributed by atoms with Gasteiger partial charge in [0.15, 0.2) is 0 Å². The minimum atomic E-state index is -4.73. The first-order valence-electron chi connectivity index (χ1n) is 13.8. The molecule has 1 amide bonds. The lowest BCUT2D eigenvalue weighted by Crippen LogP contribution is -2.25. The van der Waals surface area contributed by atoms with E-state index in [4.69, 9.17) is 0 Å². The molecule has 0 radical (unpaired) electrons. The SMILES string of the molecule is O=C1C(Nc2ccc(S(=O)(=O)c3ccc(NC(=O)c4ccccc4C(F)(F)F)cc3)cc2)=C(Sc2cccs2)C(=O)c2ccccc21. The van der Waals surface area contributed by atoms with Gasteiger partial charge in [-0.15, -0.1) is 11.3 Å². The van der Waals surface area contributed by atoms with Crippen molar-refractivity contribution in [3.63, 3.8) is 0 Å². The van der Waals surface area contributed by atoms with Crippen LogP contribution in [-0.2, 0) is 16.0 Å². The van der Waals surface area contributed by atoms with Crippen LogP contribution in [0.4, 0.5) is 24.5 Å². The molecule has 1 aromatic heterocycles. The number of rotatable bonds is 8. The van der Waals surface area contributed by atoms with Gasteiger partial charge in [0, 0.05) is 22.5 Å². The molecule has 5 aromatic rings. The lowest BCUT2D eigenvalue weighted by atomic mass is 9.92. The Morgan fingerprint density at radius 3 is 1.87 bits per heavy atom. The molecule has 0 aliphatic heterocycles. The first-order valence-corrected chi connectivity index (χ1v) is 17.0. The van der Waals surface area contributed by atoms with E-state index >= 15 is 0 Å². The molecule has 47 heavy (non-hydrogen) atoms. The van der Waals surface area contributed by atoms with Gasteiger partial charge < -0.3 is 10.6 Å². The lowest BCUT2D eigenvalue weighted by Gasteiger charge is -2.21. The molecule has 0 bridgehead atoms. The monoisotopic (exact) mass is 690 g/mol. The zero-order valence-electron chi connectivity index (χ0n) is 23.9. The van der Waals surface area contributed by atoms with E-state index in [9.17, 15) is 36.0 Å². The Balaban J connectivity index is 1.21. The van der Waals surface area contributed by atoms with E-state index in [2.05, 4.69) is 10.6 Å². The predicted octanol–water partition coefficient (Wildman–Crippen LogP) is 8.35. The second-order valence-corrected chi connectivity index (χ2v) is 14.3. The largest absolute Gasteiger partial charge is 0.417 e. The standard InChI is InChI=1S/C34H21F3N2O5S3/c35-34(36,37)27-9-4-3-8-26(27)33(42)39-21-13-17-23(18-14-21)47(43,44)22-15-11-20(12-16-22)38-29-30(40)24-6-1-2-7-25(24)31(41)32(29)46-28-10-5-19-45-28/h1-19,38H,(H,39,42). The molecule has 1 aliphatic carbocycles. The number of sulfone groups is 1. The van der Waals surface area contributed by atoms with Gasteiger partial charge in [0.2, 0.25) is 21.4 Å². The molecular formula is C34H21F3N2O5S3. The zero-order chi connectivity index (χ0) is 33.3. The van der Waals surface area contributed by atoms with Gasteiger partial charge in [0.25, 0.3) is 5.91 Å². The summed E-state index contributed by atoms with van der Waals surface area (Å²) in [7, 11) is -4.04. The molecule has 1 aliphatic rings. The quantitative estimate of drug-likeness (QED) is 0.169. The number of ketones is 2. The van der Waals surface area contributed by atoms with E-state index in [1.807, 2.05) is 17.5 Å². The van der Waals surface area contributed by atoms with E-state index in [0.717, 1.165) is 16.3 Å². The zero-order valence-corrected chi connectivity index (χ0v) is 26.3. The van der Waals surface area contributed by atoms with Crippen molar-refractivity contribution in [2.45, 2.75) is 20.2 Å². The first kappa shape index (κ1) is 32.0. The number of halogens is 3. The number of amides is 1. The average Bonchev–Trinajstić information content (AvgIpc) is 3.59. The molecule has 1 heterocycles. The van der Waals surface area contributed by atoms with Crippen LogP contribution >= 0.6 is 23.1 Å². The van der Waals surface area contributed by atoms with Crippen molar-refractivity contribution >= 4 is 61.8 Å². The second-order valence-electron chi connectivity index (χ2n) is 10.1. The minimum Gasteiger partial charge on any atom is -0.351 e. The Morgan fingerprint density at radius 2 is 1.28 bits per heavy atom. The number of anilines is 2. The van der Waals surface area contributed by atoms with Crippen LogP contribution in [-0.4, -0.2) is 25.9 Å². The number of nitrogens with one attached hydrogen (secondary N) is 2. The lowest BCUT2D eigenvalue weighted by molar-refractivity contribution is -0.137. The fraction of sp³-hybridized carbons (Fsp3) is 0.0294. The van der Waals surface area contributed by atoms with Gasteiger partial charge in [-0.3, -0.25) is 14.4 Å². The number of allylic oxidation sites excluding steroid dienone is 2. The maximum Gasteiger partial charge on any atom is 0.417 e. The van der Waals surface area contributed by atoms with Gasteiger partial charge in [-0.05, 0) is 72.1 Å². The van der Waals surface area contributed by atoms with Gasteiger partial charge in [-0.1, -0.05) is 54.2 Å². The molecule has 0 spiro atoms. The maximum absolute atomic E-state index is 13.5. The summed E-state index contributed by atoms with van der Waals surface area (Å²) in [6, 6.07) is 25.2. The van der Waals surface area contributed by atoms with Gasteiger partial charge >= 0.3 is 6.18 Å². The van der Waals surface area contributed by atoms with Crippen molar-refractivity contribution in [2.24, 2.45) is 0 Å². The second kappa shape index (κ2) is 12.7. The fourth-order valence-electron chi connectivity index (χ4n) is 4.83. The molecule has 0 saturated carbocycles. The predicted molar refractivity (Wildman–Crippen MR) is 174 cm³/mol. The number of thioether (sulfide) groups is 1. The average molecular weight is 691 g/mol. The van der Waals surface area contributed by atoms with E-state index in [1.54, 1.807) is 24.3 Å². The Hall–Kier alpha value is -4.98. The van der Waals surface area contributed by atoms with Crippen LogP contribution in [0.3, 0.4) is 0 Å². The third kappa shape index (κ3) is 6.50. The van der Waals surface area contributed by atoms with Gasteiger partial charge in [0.05, 0.1) is 30.0 Å². The highest BCUT2D eigenvalue weighted by molar-refractivity contribution is 8.05. The number of Topliss-reactive ketones (excluding diaryl/α,β-unsaturated/α-hetero) is 2. The maximum atomic E-state index is 13.5. The van der Waals surface area contributed by atoms with E-state index in [0.29, 0.717) is 11.3 Å². The Kier molecular flexibility index (Phi) is 8.62. The normalized spacial score (nSPS) is 13.3. The van der Waals surface area contributed by atoms with Crippen molar-refractivity contribution in [3.8, 4) is 0 Å². The van der Waals surface area contributed by atoms with Crippen molar-refractivity contribution in [2.75, 3.05) is 10.6 Å². The van der Waals surface area contributed by atoms with Crippen LogP contribution in [0.2, 0.25) is 0 Å². The Labute approximate surface area is 275 Å². The van der Waals surface area contributed by atoms with E-state index < -0.39 is 33.0 Å². The molecule has 6 rings (SSSR count). The Bertz CT molecular complexity index is 2160. The van der Waals surface area contributed by atoms with Crippen molar-refractivity contribution in [1.29, 1.82) is 0 Å². The number of carbonyl (C=O) groups is 3. The first-order chi connectivity index (χ1) is 22.4. The van der Waals surface area contributed by atoms with Crippen LogP contribution in [0.25, 0.3) is 0 Å². The number of fused-ring (bicyclic) bond motifs is 1. The summed E-state index contributed by atoms with van der Waals surface area (Å²) in [5.41, 5.74) is -0.531. The van der Waals surface area contributed by atoms with Crippen molar-refractivity contribution in [1.82, 2.24) is 0 Å². The van der Waals surface area contributed by atoms with Crippen LogP contribution in [0.15, 0.2) is 139 Å². The van der Waals surface area contributed by atoms with E-state index in [-0.39, 0.29) is 43.2 Å². The summed E-state index contributed by atoms with van der Waals surface area (Å²) in [5.74, 6) is -1.67. The van der Waals surface area contributed by atoms with Gasteiger partial charge in [0.1, 0.15) is 5.70 Å². The van der Waals surface area contributed by atoms with Crippen molar-refractivity contribution in [3.05, 3.63) is 147 Å². The fourth-order valence-corrected chi connectivity index (χ4v) is 7.94. The number of benzene rings is 4. The molecule has 0 saturated heterocycles. The highest BCUT2D eigenvalue weighted by Crippen LogP contribution is 2.39. The highest BCUT2D eigenvalue weighted by atomic mass is 32.2. The summed E-state index contributed by atoms with van der Waals surface area (Å²) < 4.78 is 67.5. The third-order valence-corrected chi connectivity index (χ3v) is 11.0. The number of carbonyl (C=O) groups excluding carboxylic acids is 3. The minimum absolute atomic E-state index is 0.0718. The highest BCUT2D eigenvalue weighted by Gasteiger charge is 2.35. The summed E-state index contributed by atoms with van der Waals surface area (Å²) in [6.07, 6.45) is -4.73. The summed E-state index contributed by atoms with van der Waals surface area (Å²) in [5, 5.41) is 7.25. The van der Waals surface area contributed by atoms with Gasteiger partial charge in [-0.25, -0.2) is 8.42 Å². The molecule has 4 aromatic carbocycles. The van der Waals surface area contributed by atoms with Crippen LogP contribution in [0, 0.1) is 0 Å². The number of hydrogen-bond acceptors (Lipinski definition) is 8. The summed E-state index contributed by atoms with van der Waals surface area (Å²) in [4.78, 5) is 39.5. The smallest absolute Gasteiger partial charge is 0.351 e. The molecule has 7 nitrogen and oxygen atoms in total. The summed E-state index contributed by atoms with van der Waals surface area (Å²) in [6.45, 7) is 0. The number of hydrogen-bond donors (Lipinski definition) is 2. The molecule has 2 N–H and O–H groups in total. The molecular weight excluding hydrogens is 670 g/mol. The Morgan fingerprint density at radius 1 is 0.702 bits per heavy atom. The molecule has 0 fully saturated rings. The third-order valence-electron chi connectivity index (χ3n) is 7.11. The van der Waals surface area contributed by atoms with Crippen LogP contribution < -0.4 is 10.6 Å². The van der Waals surface area contributed by atoms with Crippen LogP contribution in [0.5, 0.6) is 0 Å². The summed E-state index contributed by atoms with van der Waals surface area (Å²) >= 11 is 2.60. The molecule has 236 valence electrons. The topological polar surface area (TPSA) is 109 Å². The van der Waals surface area contributed by atoms with E-state index in [1.165, 1.54) is 83.8 Å². The van der Waals surface area contributed by atoms with Crippen molar-refractivity contribution < 1.29 is 36.0 Å². The molecule has 13 heteroatoms. The van der Waals surface area contributed by atoms with Crippen LogP contribution in [0.1, 0.15) is 36.6 Å². The van der Waals surface area contributed by atoms with Gasteiger partial charge in [-0.2, -0.15) is 13.2 Å².